The van der Waals surface area contributed by atoms with Crippen molar-refractivity contribution >= 4 is 11.6 Å². The van der Waals surface area contributed by atoms with E-state index in [1.165, 1.54) is 0 Å². The van der Waals surface area contributed by atoms with E-state index < -0.39 is 6.10 Å². The molecule has 12 heavy (non-hydrogen) atoms. The zero-order valence-electron chi connectivity index (χ0n) is 6.37. The highest BCUT2D eigenvalue weighted by molar-refractivity contribution is 6.31. The smallest absolute Gasteiger partial charge is 0.0934 e. The Kier molecular flexibility index (Phi) is 3.09. The van der Waals surface area contributed by atoms with E-state index in [4.69, 9.17) is 16.9 Å². The zero-order valence-corrected chi connectivity index (χ0v) is 7.12. The lowest BCUT2D eigenvalue weighted by atomic mass is 10.1. The van der Waals surface area contributed by atoms with Crippen molar-refractivity contribution in [2.24, 2.45) is 0 Å². The van der Waals surface area contributed by atoms with Gasteiger partial charge in [-0.1, -0.05) is 29.8 Å². The lowest BCUT2D eigenvalue weighted by molar-refractivity contribution is 0.183. The third kappa shape index (κ3) is 1.97. The third-order valence-electron chi connectivity index (χ3n) is 1.55. The van der Waals surface area contributed by atoms with Crippen LogP contribution in [0.5, 0.6) is 0 Å². The number of rotatable bonds is 2. The van der Waals surface area contributed by atoms with Crippen LogP contribution in [0.3, 0.4) is 0 Å². The van der Waals surface area contributed by atoms with E-state index in [0.717, 1.165) is 0 Å². The first-order valence-corrected chi connectivity index (χ1v) is 3.93. The second-order valence-electron chi connectivity index (χ2n) is 2.40. The van der Waals surface area contributed by atoms with Crippen LogP contribution in [-0.4, -0.2) is 5.11 Å². The van der Waals surface area contributed by atoms with E-state index in [9.17, 15) is 5.11 Å². The number of hydrogen-bond acceptors (Lipinski definition) is 2. The number of benzene rings is 1. The van der Waals surface area contributed by atoms with E-state index in [2.05, 4.69) is 0 Å². The molecule has 1 N–H and O–H groups in total. The molecule has 0 aliphatic carbocycles. The molecule has 0 unspecified atom stereocenters. The Hall–Kier alpha value is -1.04. The molecule has 0 aliphatic heterocycles. The van der Waals surface area contributed by atoms with Gasteiger partial charge in [0.2, 0.25) is 0 Å². The standard InChI is InChI=1S/C9H8ClNO/c10-8-4-2-1-3-7(8)9(12)5-6-11/h1-4,9,12H,5H2/t9-/m0/s1. The molecule has 0 saturated heterocycles. The predicted molar refractivity (Wildman–Crippen MR) is 46.6 cm³/mol. The molecule has 0 radical (unpaired) electrons. The molecule has 3 heteroatoms. The maximum atomic E-state index is 9.39. The molecule has 0 spiro atoms. The number of halogens is 1. The van der Waals surface area contributed by atoms with Crippen molar-refractivity contribution in [2.75, 3.05) is 0 Å². The summed E-state index contributed by atoms with van der Waals surface area (Å²) in [6.45, 7) is 0. The third-order valence-corrected chi connectivity index (χ3v) is 1.89. The van der Waals surface area contributed by atoms with Crippen LogP contribution in [0, 0.1) is 11.3 Å². The van der Waals surface area contributed by atoms with Crippen molar-refractivity contribution in [1.82, 2.24) is 0 Å². The fourth-order valence-corrected chi connectivity index (χ4v) is 1.20. The SMILES string of the molecule is N#CC[C@H](O)c1ccccc1Cl. The molecule has 0 bridgehead atoms. The maximum Gasteiger partial charge on any atom is 0.0934 e. The normalized spacial score (nSPS) is 12.1. The molecule has 0 heterocycles. The minimum atomic E-state index is -0.774. The van der Waals surface area contributed by atoms with Crippen molar-refractivity contribution in [1.29, 1.82) is 5.26 Å². The van der Waals surface area contributed by atoms with E-state index in [-0.39, 0.29) is 6.42 Å². The van der Waals surface area contributed by atoms with Gasteiger partial charge in [0.05, 0.1) is 18.6 Å². The second kappa shape index (κ2) is 4.10. The highest BCUT2D eigenvalue weighted by atomic mass is 35.5. The topological polar surface area (TPSA) is 44.0 Å². The van der Waals surface area contributed by atoms with E-state index in [1.807, 2.05) is 6.07 Å². The van der Waals surface area contributed by atoms with Gasteiger partial charge in [-0.2, -0.15) is 5.26 Å². The summed E-state index contributed by atoms with van der Waals surface area (Å²) in [4.78, 5) is 0. The Morgan fingerprint density at radius 1 is 1.50 bits per heavy atom. The van der Waals surface area contributed by atoms with Gasteiger partial charge in [-0.15, -0.1) is 0 Å². The highest BCUT2D eigenvalue weighted by Gasteiger charge is 2.09. The van der Waals surface area contributed by atoms with Gasteiger partial charge < -0.3 is 5.11 Å². The molecule has 0 amide bonds. The average Bonchev–Trinajstić information content (AvgIpc) is 2.05. The summed E-state index contributed by atoms with van der Waals surface area (Å²) < 4.78 is 0. The number of aliphatic hydroxyl groups excluding tert-OH is 1. The minimum absolute atomic E-state index is 0.0731. The van der Waals surface area contributed by atoms with Gasteiger partial charge in [0, 0.05) is 10.6 Å². The van der Waals surface area contributed by atoms with Crippen molar-refractivity contribution < 1.29 is 5.11 Å². The van der Waals surface area contributed by atoms with Crippen molar-refractivity contribution in [3.05, 3.63) is 34.9 Å². The van der Waals surface area contributed by atoms with Gasteiger partial charge in [-0.05, 0) is 6.07 Å². The summed E-state index contributed by atoms with van der Waals surface area (Å²) >= 11 is 5.79. The minimum Gasteiger partial charge on any atom is -0.387 e. The van der Waals surface area contributed by atoms with Crippen LogP contribution >= 0.6 is 11.6 Å². The molecule has 1 rings (SSSR count). The molecular weight excluding hydrogens is 174 g/mol. The molecule has 2 nitrogen and oxygen atoms in total. The van der Waals surface area contributed by atoms with Crippen LogP contribution < -0.4 is 0 Å². The zero-order chi connectivity index (χ0) is 8.97. The number of nitriles is 1. The molecule has 62 valence electrons. The quantitative estimate of drug-likeness (QED) is 0.761. The molecule has 0 aromatic heterocycles. The van der Waals surface area contributed by atoms with Crippen LogP contribution in [0.15, 0.2) is 24.3 Å². The van der Waals surface area contributed by atoms with Crippen LogP contribution in [0.25, 0.3) is 0 Å². The average molecular weight is 182 g/mol. The fourth-order valence-electron chi connectivity index (χ4n) is 0.942. The van der Waals surface area contributed by atoms with Gasteiger partial charge in [0.15, 0.2) is 0 Å². The Balaban J connectivity index is 2.88. The van der Waals surface area contributed by atoms with E-state index >= 15 is 0 Å². The van der Waals surface area contributed by atoms with Crippen molar-refractivity contribution in [2.45, 2.75) is 12.5 Å². The first-order chi connectivity index (χ1) is 5.75. The molecular formula is C9H8ClNO. The number of hydrogen-bond donors (Lipinski definition) is 1. The van der Waals surface area contributed by atoms with Crippen LogP contribution in [0.4, 0.5) is 0 Å². The molecule has 1 aromatic carbocycles. The van der Waals surface area contributed by atoms with Crippen LogP contribution in [0.1, 0.15) is 18.1 Å². The van der Waals surface area contributed by atoms with Gasteiger partial charge >= 0.3 is 0 Å². The van der Waals surface area contributed by atoms with Crippen LogP contribution in [-0.2, 0) is 0 Å². The molecule has 0 fully saturated rings. The summed E-state index contributed by atoms with van der Waals surface area (Å²) in [5.41, 5.74) is 0.612. The summed E-state index contributed by atoms with van der Waals surface area (Å²) in [7, 11) is 0. The molecule has 1 aromatic rings. The van der Waals surface area contributed by atoms with Gasteiger partial charge in [0.25, 0.3) is 0 Å². The molecule has 1 atom stereocenters. The van der Waals surface area contributed by atoms with Crippen molar-refractivity contribution in [3.63, 3.8) is 0 Å². The van der Waals surface area contributed by atoms with Gasteiger partial charge in [0.1, 0.15) is 0 Å². The lowest BCUT2D eigenvalue weighted by Gasteiger charge is -2.07. The highest BCUT2D eigenvalue weighted by Crippen LogP contribution is 2.23. The molecule has 0 aliphatic rings. The number of aliphatic hydroxyl groups is 1. The Morgan fingerprint density at radius 2 is 2.17 bits per heavy atom. The van der Waals surface area contributed by atoms with E-state index in [1.54, 1.807) is 24.3 Å². The Labute approximate surface area is 76.0 Å². The second-order valence-corrected chi connectivity index (χ2v) is 2.81. The Bertz CT molecular complexity index is 306. The van der Waals surface area contributed by atoms with E-state index in [0.29, 0.717) is 10.6 Å². The fraction of sp³-hybridized carbons (Fsp3) is 0.222. The monoisotopic (exact) mass is 181 g/mol. The lowest BCUT2D eigenvalue weighted by Crippen LogP contribution is -1.96. The number of nitrogens with zero attached hydrogens (tertiary/aromatic N) is 1. The molecule has 0 saturated carbocycles. The predicted octanol–water partition coefficient (Wildman–Crippen LogP) is 2.29. The maximum absolute atomic E-state index is 9.39. The van der Waals surface area contributed by atoms with Crippen LogP contribution in [0.2, 0.25) is 5.02 Å². The van der Waals surface area contributed by atoms with Crippen molar-refractivity contribution in [3.8, 4) is 6.07 Å². The summed E-state index contributed by atoms with van der Waals surface area (Å²) in [6.07, 6.45) is -0.701. The first-order valence-electron chi connectivity index (χ1n) is 3.55. The Morgan fingerprint density at radius 3 is 2.75 bits per heavy atom. The van der Waals surface area contributed by atoms with Gasteiger partial charge in [-0.3, -0.25) is 0 Å². The largest absolute Gasteiger partial charge is 0.387 e. The van der Waals surface area contributed by atoms with Gasteiger partial charge in [-0.25, -0.2) is 0 Å². The summed E-state index contributed by atoms with van der Waals surface area (Å²) in [5.74, 6) is 0. The summed E-state index contributed by atoms with van der Waals surface area (Å²) in [6, 6.07) is 8.85. The summed E-state index contributed by atoms with van der Waals surface area (Å²) in [5, 5.41) is 18.2. The first kappa shape index (κ1) is 9.05.